The van der Waals surface area contributed by atoms with Crippen molar-refractivity contribution in [1.82, 2.24) is 20.3 Å². The fourth-order valence-corrected chi connectivity index (χ4v) is 2.65. The predicted molar refractivity (Wildman–Crippen MR) is 87.9 cm³/mol. The lowest BCUT2D eigenvalue weighted by Gasteiger charge is -2.32. The first-order valence-corrected chi connectivity index (χ1v) is 7.78. The third kappa shape index (κ3) is 3.59. The molecule has 0 saturated heterocycles. The molecular weight excluding hydrogens is 292 g/mol. The summed E-state index contributed by atoms with van der Waals surface area (Å²) < 4.78 is 1.83. The Kier molecular flexibility index (Phi) is 5.15. The van der Waals surface area contributed by atoms with Crippen LogP contribution in [0.15, 0.2) is 30.3 Å². The molecule has 0 aliphatic carbocycles. The van der Waals surface area contributed by atoms with E-state index in [0.29, 0.717) is 6.54 Å². The van der Waals surface area contributed by atoms with Gasteiger partial charge in [-0.25, -0.2) is 4.68 Å². The maximum Gasteiger partial charge on any atom is 0.311 e. The van der Waals surface area contributed by atoms with Crippen molar-refractivity contribution in [3.63, 3.8) is 0 Å². The third-order valence-corrected chi connectivity index (χ3v) is 4.21. The molecule has 0 aliphatic heterocycles. The number of hydrogen-bond acceptors (Lipinski definition) is 4. The van der Waals surface area contributed by atoms with Crippen LogP contribution in [0.3, 0.4) is 0 Å². The van der Waals surface area contributed by atoms with Crippen molar-refractivity contribution in [2.75, 3.05) is 0 Å². The highest BCUT2D eigenvalue weighted by atomic mass is 16.4. The molecule has 1 aromatic carbocycles. The summed E-state index contributed by atoms with van der Waals surface area (Å²) in [4.78, 5) is 11.7. The van der Waals surface area contributed by atoms with Crippen molar-refractivity contribution in [3.8, 4) is 0 Å². The van der Waals surface area contributed by atoms with E-state index in [-0.39, 0.29) is 6.04 Å². The number of aryl methyl sites for hydroxylation is 2. The Morgan fingerprint density at radius 3 is 2.57 bits per heavy atom. The van der Waals surface area contributed by atoms with E-state index < -0.39 is 11.4 Å². The number of carbonyl (C=O) groups is 1. The zero-order valence-electron chi connectivity index (χ0n) is 14.1. The predicted octanol–water partition coefficient (Wildman–Crippen LogP) is 2.55. The lowest BCUT2D eigenvalue weighted by atomic mass is 9.80. The van der Waals surface area contributed by atoms with E-state index in [4.69, 9.17) is 0 Å². The van der Waals surface area contributed by atoms with Gasteiger partial charge in [-0.15, -0.1) is 5.10 Å². The number of nitrogens with one attached hydrogen (secondary N) is 1. The molecule has 2 N–H and O–H groups in total. The van der Waals surface area contributed by atoms with Gasteiger partial charge in [0, 0.05) is 19.1 Å². The fourth-order valence-electron chi connectivity index (χ4n) is 2.65. The number of carboxylic acid groups (broad SMARTS) is 1. The van der Waals surface area contributed by atoms with Crippen LogP contribution in [-0.4, -0.2) is 26.1 Å². The molecule has 23 heavy (non-hydrogen) atoms. The molecular formula is C17H24N4O2. The largest absolute Gasteiger partial charge is 0.481 e. The van der Waals surface area contributed by atoms with Crippen LogP contribution in [0.5, 0.6) is 0 Å². The Labute approximate surface area is 136 Å². The second kappa shape index (κ2) is 6.91. The van der Waals surface area contributed by atoms with Gasteiger partial charge in [-0.1, -0.05) is 35.5 Å². The first kappa shape index (κ1) is 17.1. The molecule has 0 saturated carbocycles. The highest BCUT2D eigenvalue weighted by Gasteiger charge is 2.37. The molecule has 0 radical (unpaired) electrons. The summed E-state index contributed by atoms with van der Waals surface area (Å²) in [6.07, 6.45) is 0. The molecule has 0 aliphatic rings. The molecule has 0 bridgehead atoms. The van der Waals surface area contributed by atoms with Crippen LogP contribution in [0, 0.1) is 12.3 Å². The molecule has 0 amide bonds. The Balaban J connectivity index is 2.29. The van der Waals surface area contributed by atoms with Crippen LogP contribution in [0.2, 0.25) is 0 Å². The lowest BCUT2D eigenvalue weighted by Crippen LogP contribution is -2.40. The van der Waals surface area contributed by atoms with Gasteiger partial charge in [-0.3, -0.25) is 4.79 Å². The molecule has 124 valence electrons. The summed E-state index contributed by atoms with van der Waals surface area (Å²) in [5, 5.41) is 21.2. The SMILES string of the molecule is CCn1nnc(C)c1CNC(c1ccccc1)C(C)(C)C(=O)O. The number of carboxylic acids is 1. The Hall–Kier alpha value is -2.21. The van der Waals surface area contributed by atoms with Crippen LogP contribution in [-0.2, 0) is 17.9 Å². The molecule has 1 aromatic heterocycles. The standard InChI is InChI=1S/C17H24N4O2/c1-5-21-14(12(2)19-20-21)11-18-15(17(3,4)16(22)23)13-9-7-6-8-10-13/h6-10,15,18H,5,11H2,1-4H3,(H,22,23). The van der Waals surface area contributed by atoms with Gasteiger partial charge in [-0.05, 0) is 33.3 Å². The quantitative estimate of drug-likeness (QED) is 0.820. The van der Waals surface area contributed by atoms with Crippen molar-refractivity contribution in [3.05, 3.63) is 47.3 Å². The van der Waals surface area contributed by atoms with E-state index in [1.165, 1.54) is 0 Å². The summed E-state index contributed by atoms with van der Waals surface area (Å²) in [5.41, 5.74) is 1.85. The minimum Gasteiger partial charge on any atom is -0.481 e. The summed E-state index contributed by atoms with van der Waals surface area (Å²) in [6, 6.07) is 9.35. The van der Waals surface area contributed by atoms with Crippen LogP contribution in [0.4, 0.5) is 0 Å². The van der Waals surface area contributed by atoms with Gasteiger partial charge in [0.25, 0.3) is 0 Å². The number of nitrogens with zero attached hydrogens (tertiary/aromatic N) is 3. The molecule has 1 unspecified atom stereocenters. The van der Waals surface area contributed by atoms with Crippen molar-refractivity contribution < 1.29 is 9.90 Å². The summed E-state index contributed by atoms with van der Waals surface area (Å²) >= 11 is 0. The summed E-state index contributed by atoms with van der Waals surface area (Å²) in [6.45, 7) is 8.65. The van der Waals surface area contributed by atoms with E-state index in [0.717, 1.165) is 23.5 Å². The maximum atomic E-state index is 11.7. The zero-order chi connectivity index (χ0) is 17.0. The van der Waals surface area contributed by atoms with Crippen LogP contribution in [0.1, 0.15) is 43.8 Å². The minimum absolute atomic E-state index is 0.319. The number of aliphatic carboxylic acids is 1. The molecule has 0 fully saturated rings. The molecule has 2 rings (SSSR count). The van der Waals surface area contributed by atoms with Gasteiger partial charge >= 0.3 is 5.97 Å². The number of hydrogen-bond donors (Lipinski definition) is 2. The average molecular weight is 316 g/mol. The second-order valence-electron chi connectivity index (χ2n) is 6.19. The van der Waals surface area contributed by atoms with Crippen molar-refractivity contribution in [2.45, 2.75) is 46.8 Å². The molecule has 2 aromatic rings. The summed E-state index contributed by atoms with van der Waals surface area (Å²) in [5.74, 6) is -0.835. The van der Waals surface area contributed by atoms with Crippen molar-refractivity contribution in [1.29, 1.82) is 0 Å². The van der Waals surface area contributed by atoms with Crippen molar-refractivity contribution in [2.24, 2.45) is 5.41 Å². The highest BCUT2D eigenvalue weighted by Crippen LogP contribution is 2.34. The number of rotatable bonds is 7. The molecule has 0 spiro atoms. The Morgan fingerprint density at radius 1 is 1.35 bits per heavy atom. The highest BCUT2D eigenvalue weighted by molar-refractivity contribution is 5.75. The Bertz CT molecular complexity index is 664. The van der Waals surface area contributed by atoms with Crippen LogP contribution in [0.25, 0.3) is 0 Å². The van der Waals surface area contributed by atoms with Gasteiger partial charge in [0.1, 0.15) is 0 Å². The van der Waals surface area contributed by atoms with E-state index in [2.05, 4.69) is 15.6 Å². The van der Waals surface area contributed by atoms with Crippen molar-refractivity contribution >= 4 is 5.97 Å². The molecule has 1 heterocycles. The summed E-state index contributed by atoms with van der Waals surface area (Å²) in [7, 11) is 0. The topological polar surface area (TPSA) is 80.0 Å². The monoisotopic (exact) mass is 316 g/mol. The van der Waals surface area contributed by atoms with Gasteiger partial charge in [0.05, 0.1) is 16.8 Å². The van der Waals surface area contributed by atoms with Gasteiger partial charge in [0.15, 0.2) is 0 Å². The van der Waals surface area contributed by atoms with E-state index in [1.54, 1.807) is 13.8 Å². The van der Waals surface area contributed by atoms with Gasteiger partial charge in [0.2, 0.25) is 0 Å². The van der Waals surface area contributed by atoms with Crippen LogP contribution >= 0.6 is 0 Å². The average Bonchev–Trinajstić information content (AvgIpc) is 2.88. The Morgan fingerprint density at radius 2 is 2.00 bits per heavy atom. The van der Waals surface area contributed by atoms with E-state index in [1.807, 2.05) is 48.9 Å². The first-order chi connectivity index (χ1) is 10.9. The van der Waals surface area contributed by atoms with Gasteiger partial charge < -0.3 is 10.4 Å². The first-order valence-electron chi connectivity index (χ1n) is 7.78. The molecule has 6 heteroatoms. The molecule has 6 nitrogen and oxygen atoms in total. The minimum atomic E-state index is -0.945. The lowest BCUT2D eigenvalue weighted by molar-refractivity contribution is -0.148. The molecule has 1 atom stereocenters. The normalized spacial score (nSPS) is 13.0. The maximum absolute atomic E-state index is 11.7. The van der Waals surface area contributed by atoms with Gasteiger partial charge in [-0.2, -0.15) is 0 Å². The second-order valence-corrected chi connectivity index (χ2v) is 6.19. The fraction of sp³-hybridized carbons (Fsp3) is 0.471. The van der Waals surface area contributed by atoms with Crippen LogP contribution < -0.4 is 5.32 Å². The smallest absolute Gasteiger partial charge is 0.311 e. The number of benzene rings is 1. The number of aromatic nitrogens is 3. The van der Waals surface area contributed by atoms with E-state index in [9.17, 15) is 9.90 Å². The third-order valence-electron chi connectivity index (χ3n) is 4.21. The zero-order valence-corrected chi connectivity index (χ0v) is 14.1. The van der Waals surface area contributed by atoms with E-state index >= 15 is 0 Å².